The average molecular weight is 475 g/mol. The zero-order valence-corrected chi connectivity index (χ0v) is 18.8. The van der Waals surface area contributed by atoms with E-state index in [1.165, 1.54) is 22.5 Å². The molecule has 0 aromatic heterocycles. The summed E-state index contributed by atoms with van der Waals surface area (Å²) in [6, 6.07) is 20.6. The first kappa shape index (κ1) is 21.8. The molecule has 1 aliphatic rings. The molecule has 0 aliphatic carbocycles. The topological polar surface area (TPSA) is 66.5 Å². The van der Waals surface area contributed by atoms with E-state index in [-0.39, 0.29) is 27.4 Å². The number of sulfonamides is 1. The zero-order valence-electron chi connectivity index (χ0n) is 16.5. The second-order valence-corrected chi connectivity index (χ2v) is 9.95. The van der Waals surface area contributed by atoms with Gasteiger partial charge in [-0.3, -0.25) is 4.79 Å². The fraction of sp³-hybridized carbons (Fsp3) is 0.174. The van der Waals surface area contributed by atoms with Crippen LogP contribution in [0.25, 0.3) is 11.1 Å². The maximum atomic E-state index is 13.3. The lowest BCUT2D eigenvalue weighted by Crippen LogP contribution is -2.43. The molecule has 1 atom stereocenters. The van der Waals surface area contributed by atoms with Crippen molar-refractivity contribution in [1.82, 2.24) is 4.31 Å². The molecule has 8 heteroatoms. The van der Waals surface area contributed by atoms with Gasteiger partial charge >= 0.3 is 0 Å². The van der Waals surface area contributed by atoms with Crippen molar-refractivity contribution in [3.05, 3.63) is 82.8 Å². The molecule has 1 saturated heterocycles. The number of rotatable bonds is 5. The van der Waals surface area contributed by atoms with Crippen LogP contribution in [0.1, 0.15) is 12.8 Å². The number of nitrogens with zero attached hydrogens (tertiary/aromatic N) is 1. The van der Waals surface area contributed by atoms with Gasteiger partial charge in [0.15, 0.2) is 0 Å². The van der Waals surface area contributed by atoms with Crippen LogP contribution < -0.4 is 5.32 Å². The lowest BCUT2D eigenvalue weighted by Gasteiger charge is -2.24. The van der Waals surface area contributed by atoms with E-state index in [1.807, 2.05) is 54.6 Å². The van der Waals surface area contributed by atoms with Crippen molar-refractivity contribution in [2.24, 2.45) is 0 Å². The fourth-order valence-corrected chi connectivity index (χ4v) is 6.16. The van der Waals surface area contributed by atoms with Crippen LogP contribution in [0.3, 0.4) is 0 Å². The molecule has 4 rings (SSSR count). The highest BCUT2D eigenvalue weighted by molar-refractivity contribution is 7.89. The van der Waals surface area contributed by atoms with Crippen molar-refractivity contribution < 1.29 is 13.2 Å². The highest BCUT2D eigenvalue weighted by Crippen LogP contribution is 2.33. The number of nitrogens with one attached hydrogen (secondary N) is 1. The molecule has 1 aliphatic heterocycles. The molecule has 31 heavy (non-hydrogen) atoms. The Kier molecular flexibility index (Phi) is 6.34. The minimum Gasteiger partial charge on any atom is -0.324 e. The van der Waals surface area contributed by atoms with E-state index in [0.717, 1.165) is 11.1 Å². The molecule has 1 amide bonds. The normalized spacial score (nSPS) is 16.9. The second kappa shape index (κ2) is 9.01. The number of amides is 1. The van der Waals surface area contributed by atoms with Gasteiger partial charge in [0.1, 0.15) is 10.9 Å². The van der Waals surface area contributed by atoms with Crippen molar-refractivity contribution in [2.75, 3.05) is 11.9 Å². The third-order valence-corrected chi connectivity index (χ3v) is 7.88. The van der Waals surface area contributed by atoms with Crippen molar-refractivity contribution in [3.63, 3.8) is 0 Å². The van der Waals surface area contributed by atoms with Crippen LogP contribution in [-0.4, -0.2) is 31.2 Å². The number of hydrogen-bond acceptors (Lipinski definition) is 3. The molecule has 1 unspecified atom stereocenters. The summed E-state index contributed by atoms with van der Waals surface area (Å²) in [6.07, 6.45) is 1.01. The van der Waals surface area contributed by atoms with E-state index in [4.69, 9.17) is 23.2 Å². The predicted octanol–water partition coefficient (Wildman–Crippen LogP) is 5.45. The summed E-state index contributed by atoms with van der Waals surface area (Å²) in [7, 11) is -3.98. The number of halogens is 2. The minimum atomic E-state index is -3.98. The summed E-state index contributed by atoms with van der Waals surface area (Å²) in [5, 5.41) is 3.26. The van der Waals surface area contributed by atoms with Gasteiger partial charge in [-0.1, -0.05) is 71.7 Å². The smallest absolute Gasteiger partial charge is 0.245 e. The Labute approximate surface area is 191 Å². The van der Waals surface area contributed by atoms with E-state index >= 15 is 0 Å². The van der Waals surface area contributed by atoms with Crippen LogP contribution in [0.15, 0.2) is 77.7 Å². The summed E-state index contributed by atoms with van der Waals surface area (Å²) in [5.41, 5.74) is 2.45. The van der Waals surface area contributed by atoms with Gasteiger partial charge in [0.2, 0.25) is 15.9 Å². The highest BCUT2D eigenvalue weighted by atomic mass is 35.5. The first-order chi connectivity index (χ1) is 14.9. The van der Waals surface area contributed by atoms with Gasteiger partial charge in [0.05, 0.1) is 5.02 Å². The Morgan fingerprint density at radius 3 is 2.45 bits per heavy atom. The van der Waals surface area contributed by atoms with Crippen LogP contribution in [0.4, 0.5) is 5.69 Å². The highest BCUT2D eigenvalue weighted by Gasteiger charge is 2.40. The average Bonchev–Trinajstić information content (AvgIpc) is 3.27. The van der Waals surface area contributed by atoms with E-state index < -0.39 is 16.1 Å². The van der Waals surface area contributed by atoms with Crippen molar-refractivity contribution in [2.45, 2.75) is 23.8 Å². The molecular formula is C23H20Cl2N2O3S. The Morgan fingerprint density at radius 1 is 0.968 bits per heavy atom. The summed E-state index contributed by atoms with van der Waals surface area (Å²) in [6.45, 7) is 0.240. The van der Waals surface area contributed by atoms with Gasteiger partial charge in [-0.2, -0.15) is 4.31 Å². The van der Waals surface area contributed by atoms with E-state index in [2.05, 4.69) is 5.32 Å². The van der Waals surface area contributed by atoms with Gasteiger partial charge < -0.3 is 5.32 Å². The lowest BCUT2D eigenvalue weighted by molar-refractivity contribution is -0.119. The first-order valence-electron chi connectivity index (χ1n) is 9.80. The molecule has 0 spiro atoms. The monoisotopic (exact) mass is 474 g/mol. The van der Waals surface area contributed by atoms with Crippen LogP contribution in [0.5, 0.6) is 0 Å². The van der Waals surface area contributed by atoms with Crippen LogP contribution in [-0.2, 0) is 14.8 Å². The molecule has 1 N–H and O–H groups in total. The van der Waals surface area contributed by atoms with Crippen LogP contribution >= 0.6 is 23.2 Å². The maximum Gasteiger partial charge on any atom is 0.245 e. The van der Waals surface area contributed by atoms with Crippen LogP contribution in [0.2, 0.25) is 10.0 Å². The first-order valence-corrected chi connectivity index (χ1v) is 12.0. The standard InChI is InChI=1S/C23H20Cl2N2O3S/c24-17-12-13-19(25)22(15-17)31(29,30)27-14-6-11-21(27)23(28)26-20-10-5-4-9-18(20)16-7-2-1-3-8-16/h1-5,7-10,12-13,15,21H,6,11,14H2,(H,26,28). The zero-order chi connectivity index (χ0) is 22.0. The Morgan fingerprint density at radius 2 is 1.68 bits per heavy atom. The molecule has 0 radical (unpaired) electrons. The van der Waals surface area contributed by atoms with E-state index in [0.29, 0.717) is 18.5 Å². The largest absolute Gasteiger partial charge is 0.324 e. The predicted molar refractivity (Wildman–Crippen MR) is 124 cm³/mol. The third kappa shape index (κ3) is 4.48. The van der Waals surface area contributed by atoms with E-state index in [1.54, 1.807) is 0 Å². The van der Waals surface area contributed by atoms with Gasteiger partial charge in [-0.15, -0.1) is 0 Å². The number of carbonyl (C=O) groups is 1. The molecule has 1 fully saturated rings. The molecule has 5 nitrogen and oxygen atoms in total. The molecule has 0 saturated carbocycles. The SMILES string of the molecule is O=C(Nc1ccccc1-c1ccccc1)C1CCCN1S(=O)(=O)c1cc(Cl)ccc1Cl. The fourth-order valence-electron chi connectivity index (χ4n) is 3.77. The molecule has 0 bridgehead atoms. The third-order valence-electron chi connectivity index (χ3n) is 5.26. The Balaban J connectivity index is 1.62. The Hall–Kier alpha value is -2.38. The molecular weight excluding hydrogens is 455 g/mol. The summed E-state index contributed by atoms with van der Waals surface area (Å²) in [5.74, 6) is -0.373. The summed E-state index contributed by atoms with van der Waals surface area (Å²) >= 11 is 12.1. The lowest BCUT2D eigenvalue weighted by atomic mass is 10.0. The number of benzene rings is 3. The number of anilines is 1. The molecule has 160 valence electrons. The van der Waals surface area contributed by atoms with Gasteiger partial charge in [0.25, 0.3) is 0 Å². The van der Waals surface area contributed by atoms with Gasteiger partial charge in [-0.25, -0.2) is 8.42 Å². The number of para-hydroxylation sites is 1. The van der Waals surface area contributed by atoms with E-state index in [9.17, 15) is 13.2 Å². The summed E-state index contributed by atoms with van der Waals surface area (Å²) < 4.78 is 27.7. The second-order valence-electron chi connectivity index (χ2n) is 7.25. The van der Waals surface area contributed by atoms with Crippen molar-refractivity contribution in [3.8, 4) is 11.1 Å². The minimum absolute atomic E-state index is 0.0740. The molecule has 3 aromatic rings. The van der Waals surface area contributed by atoms with Gasteiger partial charge in [0, 0.05) is 22.8 Å². The quantitative estimate of drug-likeness (QED) is 0.534. The van der Waals surface area contributed by atoms with Gasteiger partial charge in [-0.05, 0) is 42.7 Å². The van der Waals surface area contributed by atoms with Crippen LogP contribution in [0, 0.1) is 0 Å². The molecule has 1 heterocycles. The molecule has 3 aromatic carbocycles. The van der Waals surface area contributed by atoms with Crippen molar-refractivity contribution in [1.29, 1.82) is 0 Å². The number of carbonyl (C=O) groups excluding carboxylic acids is 1. The number of hydrogen-bond donors (Lipinski definition) is 1. The van der Waals surface area contributed by atoms with Crippen molar-refractivity contribution >= 4 is 44.8 Å². The Bertz CT molecular complexity index is 1220. The maximum absolute atomic E-state index is 13.3. The summed E-state index contributed by atoms with van der Waals surface area (Å²) in [4.78, 5) is 13.1.